The van der Waals surface area contributed by atoms with E-state index in [1.807, 2.05) is 6.92 Å². The Bertz CT molecular complexity index is 457. The molecule has 5 heteroatoms. The van der Waals surface area contributed by atoms with E-state index >= 15 is 0 Å². The highest BCUT2D eigenvalue weighted by Crippen LogP contribution is 2.22. The Morgan fingerprint density at radius 3 is 2.57 bits per heavy atom. The van der Waals surface area contributed by atoms with Crippen molar-refractivity contribution in [2.24, 2.45) is 0 Å². The van der Waals surface area contributed by atoms with Gasteiger partial charge in [0, 0.05) is 38.4 Å². The van der Waals surface area contributed by atoms with E-state index in [0.29, 0.717) is 19.7 Å². The van der Waals surface area contributed by atoms with E-state index in [0.717, 1.165) is 26.2 Å². The summed E-state index contributed by atoms with van der Waals surface area (Å²) in [6.45, 7) is 9.36. The molecule has 0 radical (unpaired) electrons. The second-order valence-electron chi connectivity index (χ2n) is 5.08. The molecule has 0 aliphatic carbocycles. The van der Waals surface area contributed by atoms with Gasteiger partial charge in [-0.1, -0.05) is 25.1 Å². The highest BCUT2D eigenvalue weighted by Gasteiger charge is 2.22. The number of amides is 1. The van der Waals surface area contributed by atoms with Crippen LogP contribution in [-0.2, 0) is 11.3 Å². The third kappa shape index (κ3) is 4.11. The summed E-state index contributed by atoms with van der Waals surface area (Å²) in [5.74, 6) is 0. The van der Waals surface area contributed by atoms with Gasteiger partial charge >= 0.3 is 6.09 Å². The number of hydrogen-bond acceptors (Lipinski definition) is 4. The van der Waals surface area contributed by atoms with Gasteiger partial charge in [0.15, 0.2) is 0 Å². The molecule has 5 nitrogen and oxygen atoms in total. The van der Waals surface area contributed by atoms with Crippen LogP contribution >= 0.6 is 0 Å². The van der Waals surface area contributed by atoms with Crippen LogP contribution in [-0.4, -0.2) is 50.3 Å². The van der Waals surface area contributed by atoms with Crippen LogP contribution in [0.5, 0.6) is 0 Å². The van der Waals surface area contributed by atoms with E-state index in [9.17, 15) is 4.79 Å². The van der Waals surface area contributed by atoms with Crippen LogP contribution in [0, 0.1) is 0 Å². The fourth-order valence-corrected chi connectivity index (χ4v) is 2.57. The van der Waals surface area contributed by atoms with E-state index in [1.165, 1.54) is 11.3 Å². The van der Waals surface area contributed by atoms with Crippen molar-refractivity contribution in [1.82, 2.24) is 10.2 Å². The molecule has 1 N–H and O–H groups in total. The first-order chi connectivity index (χ1) is 10.3. The molecule has 0 bridgehead atoms. The van der Waals surface area contributed by atoms with Crippen LogP contribution in [0.4, 0.5) is 10.5 Å². The number of benzene rings is 1. The standard InChI is InChI=1S/C16H25N3O2/c1-3-17-13-14-7-5-6-8-15(14)18-9-11-19(12-10-18)16(20)21-4-2/h5-8,17H,3-4,9-13H2,1-2H3. The second kappa shape index (κ2) is 7.88. The Morgan fingerprint density at radius 1 is 1.19 bits per heavy atom. The zero-order valence-electron chi connectivity index (χ0n) is 13.0. The third-order valence-electron chi connectivity index (χ3n) is 3.70. The van der Waals surface area contributed by atoms with Crippen molar-refractivity contribution < 1.29 is 9.53 Å². The summed E-state index contributed by atoms with van der Waals surface area (Å²) in [6.07, 6.45) is -0.196. The minimum absolute atomic E-state index is 0.196. The minimum Gasteiger partial charge on any atom is -0.450 e. The van der Waals surface area contributed by atoms with E-state index in [-0.39, 0.29) is 6.09 Å². The first kappa shape index (κ1) is 15.6. The number of rotatable bonds is 5. The molecule has 21 heavy (non-hydrogen) atoms. The number of ether oxygens (including phenoxy) is 1. The van der Waals surface area contributed by atoms with E-state index in [4.69, 9.17) is 4.74 Å². The monoisotopic (exact) mass is 291 g/mol. The first-order valence-corrected chi connectivity index (χ1v) is 7.71. The van der Waals surface area contributed by atoms with Crippen molar-refractivity contribution in [2.45, 2.75) is 20.4 Å². The SMILES string of the molecule is CCNCc1ccccc1N1CCN(C(=O)OCC)CC1. The topological polar surface area (TPSA) is 44.8 Å². The van der Waals surface area contributed by atoms with E-state index in [1.54, 1.807) is 4.90 Å². The molecule has 1 saturated heterocycles. The Balaban J connectivity index is 1.97. The van der Waals surface area contributed by atoms with Crippen LogP contribution in [0.25, 0.3) is 0 Å². The van der Waals surface area contributed by atoms with Crippen molar-refractivity contribution in [2.75, 3.05) is 44.2 Å². The van der Waals surface area contributed by atoms with Crippen molar-refractivity contribution in [3.63, 3.8) is 0 Å². The molecule has 0 atom stereocenters. The van der Waals surface area contributed by atoms with E-state index < -0.39 is 0 Å². The van der Waals surface area contributed by atoms with E-state index in [2.05, 4.69) is 41.4 Å². The van der Waals surface area contributed by atoms with Gasteiger partial charge in [-0.25, -0.2) is 4.79 Å². The van der Waals surface area contributed by atoms with Gasteiger partial charge in [0.25, 0.3) is 0 Å². The summed E-state index contributed by atoms with van der Waals surface area (Å²) < 4.78 is 5.06. The molecule has 1 aliphatic heterocycles. The molecule has 1 aliphatic rings. The maximum Gasteiger partial charge on any atom is 0.409 e. The van der Waals surface area contributed by atoms with Gasteiger partial charge in [-0.3, -0.25) is 0 Å². The molecule has 0 spiro atoms. The normalized spacial score (nSPS) is 15.1. The number of nitrogens with one attached hydrogen (secondary N) is 1. The summed E-state index contributed by atoms with van der Waals surface area (Å²) in [5, 5.41) is 3.38. The van der Waals surface area contributed by atoms with Gasteiger partial charge in [0.2, 0.25) is 0 Å². The van der Waals surface area contributed by atoms with Crippen LogP contribution in [0.3, 0.4) is 0 Å². The molecule has 0 unspecified atom stereocenters. The van der Waals surface area contributed by atoms with Crippen LogP contribution < -0.4 is 10.2 Å². The molecule has 2 rings (SSSR count). The van der Waals surface area contributed by atoms with Crippen molar-refractivity contribution in [3.05, 3.63) is 29.8 Å². The Labute approximate surface area is 126 Å². The second-order valence-corrected chi connectivity index (χ2v) is 5.08. The molecule has 1 aromatic carbocycles. The summed E-state index contributed by atoms with van der Waals surface area (Å²) in [7, 11) is 0. The molecule has 116 valence electrons. The number of piperazine rings is 1. The molecular formula is C16H25N3O2. The van der Waals surface area contributed by atoms with Gasteiger partial charge in [-0.2, -0.15) is 0 Å². The Kier molecular flexibility index (Phi) is 5.87. The summed E-state index contributed by atoms with van der Waals surface area (Å²) in [5.41, 5.74) is 2.57. The first-order valence-electron chi connectivity index (χ1n) is 7.71. The van der Waals surface area contributed by atoms with Gasteiger partial charge in [0.1, 0.15) is 0 Å². The highest BCUT2D eigenvalue weighted by atomic mass is 16.6. The van der Waals surface area contributed by atoms with Crippen LogP contribution in [0.15, 0.2) is 24.3 Å². The lowest BCUT2D eigenvalue weighted by molar-refractivity contribution is 0.105. The maximum absolute atomic E-state index is 11.7. The molecule has 0 saturated carbocycles. The third-order valence-corrected chi connectivity index (χ3v) is 3.70. The summed E-state index contributed by atoms with van der Waals surface area (Å²) in [4.78, 5) is 15.9. The lowest BCUT2D eigenvalue weighted by Crippen LogP contribution is -2.49. The number of hydrogen-bond donors (Lipinski definition) is 1. The van der Waals surface area contributed by atoms with Crippen LogP contribution in [0.2, 0.25) is 0 Å². The predicted molar refractivity (Wildman–Crippen MR) is 84.6 cm³/mol. The largest absolute Gasteiger partial charge is 0.450 e. The molecular weight excluding hydrogens is 266 g/mol. The lowest BCUT2D eigenvalue weighted by atomic mass is 10.1. The Morgan fingerprint density at radius 2 is 1.90 bits per heavy atom. The Hall–Kier alpha value is -1.75. The number of carbonyl (C=O) groups excluding carboxylic acids is 1. The lowest BCUT2D eigenvalue weighted by Gasteiger charge is -2.36. The van der Waals surface area contributed by atoms with Crippen molar-refractivity contribution in [1.29, 1.82) is 0 Å². The fraction of sp³-hybridized carbons (Fsp3) is 0.562. The summed E-state index contributed by atoms with van der Waals surface area (Å²) >= 11 is 0. The minimum atomic E-state index is -0.196. The highest BCUT2D eigenvalue weighted by molar-refractivity contribution is 5.68. The maximum atomic E-state index is 11.7. The number of carbonyl (C=O) groups is 1. The van der Waals surface area contributed by atoms with Gasteiger partial charge < -0.3 is 19.9 Å². The smallest absolute Gasteiger partial charge is 0.409 e. The number of nitrogens with zero attached hydrogens (tertiary/aromatic N) is 2. The zero-order chi connectivity index (χ0) is 15.1. The number of para-hydroxylation sites is 1. The molecule has 1 aromatic rings. The quantitative estimate of drug-likeness (QED) is 0.902. The average molecular weight is 291 g/mol. The average Bonchev–Trinajstić information content (AvgIpc) is 2.53. The van der Waals surface area contributed by atoms with Gasteiger partial charge in [0.05, 0.1) is 6.61 Å². The summed E-state index contributed by atoms with van der Waals surface area (Å²) in [6, 6.07) is 8.47. The number of anilines is 1. The molecule has 1 amide bonds. The van der Waals surface area contributed by atoms with Crippen LogP contribution in [0.1, 0.15) is 19.4 Å². The molecule has 1 heterocycles. The zero-order valence-corrected chi connectivity index (χ0v) is 13.0. The van der Waals surface area contributed by atoms with Crippen molar-refractivity contribution in [3.8, 4) is 0 Å². The molecule has 1 fully saturated rings. The van der Waals surface area contributed by atoms with Crippen molar-refractivity contribution >= 4 is 11.8 Å². The fourth-order valence-electron chi connectivity index (χ4n) is 2.57. The van der Waals surface area contributed by atoms with Gasteiger partial charge in [-0.15, -0.1) is 0 Å². The predicted octanol–water partition coefficient (Wildman–Crippen LogP) is 2.07. The molecule has 0 aromatic heterocycles. The van der Waals surface area contributed by atoms with Gasteiger partial charge in [-0.05, 0) is 25.1 Å².